The standard InChI is InChI=1S/C18H36N2O9/c1-17(2,3)28-15(21)19-26-13-11-24-9-7-23-8-10-25-12-14-27-20-16(22)29-18(4,5)6/h7-14H2,1-6H3,(H,19,21)(H,20,22). The average molecular weight is 424 g/mol. The van der Waals surface area contributed by atoms with Gasteiger partial charge in [-0.3, -0.25) is 9.68 Å². The van der Waals surface area contributed by atoms with Crippen LogP contribution >= 0.6 is 0 Å². The normalized spacial score (nSPS) is 11.8. The minimum Gasteiger partial charge on any atom is -0.442 e. The molecule has 172 valence electrons. The van der Waals surface area contributed by atoms with E-state index in [1.807, 2.05) is 0 Å². The number of carbonyl (C=O) groups excluding carboxylic acids is 2. The van der Waals surface area contributed by atoms with Crippen LogP contribution in [0.4, 0.5) is 9.59 Å². The van der Waals surface area contributed by atoms with Gasteiger partial charge >= 0.3 is 12.2 Å². The Hall–Kier alpha value is -1.66. The summed E-state index contributed by atoms with van der Waals surface area (Å²) < 4.78 is 25.9. The second-order valence-electron chi connectivity index (χ2n) is 7.74. The van der Waals surface area contributed by atoms with E-state index < -0.39 is 23.4 Å². The van der Waals surface area contributed by atoms with E-state index in [1.165, 1.54) is 0 Å². The van der Waals surface area contributed by atoms with Crippen molar-refractivity contribution in [1.82, 2.24) is 11.0 Å². The van der Waals surface area contributed by atoms with Crippen molar-refractivity contribution in [3.05, 3.63) is 0 Å². The highest BCUT2D eigenvalue weighted by atomic mass is 16.7. The molecule has 11 nitrogen and oxygen atoms in total. The van der Waals surface area contributed by atoms with E-state index in [9.17, 15) is 9.59 Å². The molecule has 0 aromatic carbocycles. The first-order valence-electron chi connectivity index (χ1n) is 9.44. The van der Waals surface area contributed by atoms with Gasteiger partial charge in [0, 0.05) is 0 Å². The fourth-order valence-corrected chi connectivity index (χ4v) is 1.56. The number of hydrogen-bond donors (Lipinski definition) is 2. The Morgan fingerprint density at radius 1 is 0.552 bits per heavy atom. The summed E-state index contributed by atoms with van der Waals surface area (Å²) in [7, 11) is 0. The smallest absolute Gasteiger partial charge is 0.431 e. The fourth-order valence-electron chi connectivity index (χ4n) is 1.56. The van der Waals surface area contributed by atoms with Crippen molar-refractivity contribution in [2.45, 2.75) is 52.7 Å². The van der Waals surface area contributed by atoms with E-state index >= 15 is 0 Å². The van der Waals surface area contributed by atoms with Gasteiger partial charge in [0.1, 0.15) is 11.2 Å². The zero-order valence-electron chi connectivity index (χ0n) is 18.3. The molecule has 2 N–H and O–H groups in total. The number of hydroxylamine groups is 2. The summed E-state index contributed by atoms with van der Waals surface area (Å²) in [6.07, 6.45) is -1.29. The van der Waals surface area contributed by atoms with Crippen molar-refractivity contribution >= 4 is 12.2 Å². The highest BCUT2D eigenvalue weighted by Gasteiger charge is 2.16. The maximum atomic E-state index is 11.3. The van der Waals surface area contributed by atoms with Gasteiger partial charge in [-0.15, -0.1) is 0 Å². The molecular weight excluding hydrogens is 388 g/mol. The van der Waals surface area contributed by atoms with Crippen LogP contribution in [-0.2, 0) is 33.4 Å². The Morgan fingerprint density at radius 3 is 1.10 bits per heavy atom. The van der Waals surface area contributed by atoms with E-state index in [-0.39, 0.29) is 13.2 Å². The van der Waals surface area contributed by atoms with Crippen molar-refractivity contribution in [2.24, 2.45) is 0 Å². The lowest BCUT2D eigenvalue weighted by atomic mass is 10.2. The molecule has 0 bridgehead atoms. The zero-order chi connectivity index (χ0) is 22.2. The summed E-state index contributed by atoms with van der Waals surface area (Å²) in [5.74, 6) is 0. The molecule has 2 amide bonds. The van der Waals surface area contributed by atoms with Crippen molar-refractivity contribution in [3.63, 3.8) is 0 Å². The van der Waals surface area contributed by atoms with Gasteiger partial charge in [-0.25, -0.2) is 9.59 Å². The predicted octanol–water partition coefficient (Wildman–Crippen LogP) is 1.95. The van der Waals surface area contributed by atoms with Crippen LogP contribution in [0.25, 0.3) is 0 Å². The van der Waals surface area contributed by atoms with Gasteiger partial charge in [-0.2, -0.15) is 11.0 Å². The number of amides is 2. The number of hydrogen-bond acceptors (Lipinski definition) is 9. The van der Waals surface area contributed by atoms with Crippen LogP contribution in [0.1, 0.15) is 41.5 Å². The lowest BCUT2D eigenvalue weighted by Crippen LogP contribution is -2.33. The van der Waals surface area contributed by atoms with Crippen LogP contribution in [-0.4, -0.2) is 76.2 Å². The van der Waals surface area contributed by atoms with Crippen LogP contribution in [0.3, 0.4) is 0 Å². The minimum absolute atomic E-state index is 0.194. The molecule has 0 saturated heterocycles. The molecule has 0 aromatic rings. The molecule has 0 aliphatic carbocycles. The molecule has 0 spiro atoms. The van der Waals surface area contributed by atoms with Crippen molar-refractivity contribution in [2.75, 3.05) is 52.9 Å². The van der Waals surface area contributed by atoms with Gasteiger partial charge in [0.15, 0.2) is 0 Å². The van der Waals surface area contributed by atoms with Gasteiger partial charge in [0.2, 0.25) is 0 Å². The zero-order valence-corrected chi connectivity index (χ0v) is 18.3. The Bertz CT molecular complexity index is 408. The van der Waals surface area contributed by atoms with Crippen LogP contribution < -0.4 is 11.0 Å². The molecule has 0 aromatic heterocycles. The summed E-state index contributed by atoms with van der Waals surface area (Å²) in [5, 5.41) is 0. The highest BCUT2D eigenvalue weighted by molar-refractivity contribution is 5.66. The van der Waals surface area contributed by atoms with Crippen LogP contribution in [0, 0.1) is 0 Å². The lowest BCUT2D eigenvalue weighted by Gasteiger charge is -2.19. The molecule has 0 fully saturated rings. The largest absolute Gasteiger partial charge is 0.442 e. The molecule has 29 heavy (non-hydrogen) atoms. The molecule has 0 radical (unpaired) electrons. The van der Waals surface area contributed by atoms with Crippen LogP contribution in [0.5, 0.6) is 0 Å². The first-order valence-corrected chi connectivity index (χ1v) is 9.44. The molecule has 0 saturated carbocycles. The van der Waals surface area contributed by atoms with Gasteiger partial charge < -0.3 is 23.7 Å². The summed E-state index contributed by atoms with van der Waals surface area (Å²) in [6, 6.07) is 0. The van der Waals surface area contributed by atoms with Gasteiger partial charge in [0.05, 0.1) is 52.9 Å². The van der Waals surface area contributed by atoms with Crippen LogP contribution in [0.2, 0.25) is 0 Å². The molecule has 0 heterocycles. The summed E-state index contributed by atoms with van der Waals surface area (Å²) >= 11 is 0. The van der Waals surface area contributed by atoms with Crippen molar-refractivity contribution < 1.29 is 42.9 Å². The van der Waals surface area contributed by atoms with E-state index in [1.54, 1.807) is 41.5 Å². The summed E-state index contributed by atoms with van der Waals surface area (Å²) in [4.78, 5) is 32.4. The van der Waals surface area contributed by atoms with Crippen LogP contribution in [0.15, 0.2) is 0 Å². The Balaban J connectivity index is 3.26. The molecule has 0 aliphatic heterocycles. The third-order valence-electron chi connectivity index (χ3n) is 2.51. The summed E-state index contributed by atoms with van der Waals surface area (Å²) in [6.45, 7) is 13.1. The van der Waals surface area contributed by atoms with Gasteiger partial charge in [0.25, 0.3) is 0 Å². The first kappa shape index (κ1) is 27.3. The second kappa shape index (κ2) is 15.2. The van der Waals surface area contributed by atoms with Gasteiger partial charge in [-0.05, 0) is 41.5 Å². The maximum Gasteiger partial charge on any atom is 0.431 e. The quantitative estimate of drug-likeness (QED) is 0.318. The van der Waals surface area contributed by atoms with Gasteiger partial charge in [-0.1, -0.05) is 0 Å². The lowest BCUT2D eigenvalue weighted by molar-refractivity contribution is -0.0424. The van der Waals surface area contributed by atoms with Crippen molar-refractivity contribution in [1.29, 1.82) is 0 Å². The Morgan fingerprint density at radius 2 is 0.828 bits per heavy atom. The van der Waals surface area contributed by atoms with E-state index in [2.05, 4.69) is 11.0 Å². The molecule has 0 aliphatic rings. The highest BCUT2D eigenvalue weighted by Crippen LogP contribution is 2.06. The number of carbonyl (C=O) groups is 2. The van der Waals surface area contributed by atoms with Crippen molar-refractivity contribution in [3.8, 4) is 0 Å². The Labute approximate surface area is 172 Å². The fraction of sp³-hybridized carbons (Fsp3) is 0.889. The monoisotopic (exact) mass is 424 g/mol. The van der Waals surface area contributed by atoms with E-state index in [4.69, 9.17) is 33.4 Å². The third kappa shape index (κ3) is 22.5. The summed E-state index contributed by atoms with van der Waals surface area (Å²) in [5.41, 5.74) is 3.18. The molecule has 0 unspecified atom stereocenters. The SMILES string of the molecule is CC(C)(C)OC(=O)NOCCOCCOCCOCCONC(=O)OC(C)(C)C. The molecule has 0 rings (SSSR count). The second-order valence-corrected chi connectivity index (χ2v) is 7.74. The topological polar surface area (TPSA) is 123 Å². The van der Waals surface area contributed by atoms with E-state index in [0.29, 0.717) is 39.6 Å². The third-order valence-corrected chi connectivity index (χ3v) is 2.51. The number of nitrogens with one attached hydrogen (secondary N) is 2. The average Bonchev–Trinajstić information content (AvgIpc) is 2.55. The maximum absolute atomic E-state index is 11.3. The predicted molar refractivity (Wildman–Crippen MR) is 103 cm³/mol. The molecular formula is C18H36N2O9. The number of rotatable bonds is 14. The Kier molecular flexibility index (Phi) is 14.3. The minimum atomic E-state index is -0.646. The molecule has 0 atom stereocenters. The first-order chi connectivity index (χ1) is 13.5. The molecule has 11 heteroatoms. The number of ether oxygens (including phenoxy) is 5. The van der Waals surface area contributed by atoms with E-state index in [0.717, 1.165) is 0 Å².